The lowest BCUT2D eigenvalue weighted by molar-refractivity contribution is -0.123. The fourth-order valence-electron chi connectivity index (χ4n) is 8.77. The minimum absolute atomic E-state index is 0.0177. The highest BCUT2D eigenvalue weighted by molar-refractivity contribution is 5.82. The van der Waals surface area contributed by atoms with Crippen LogP contribution in [-0.2, 0) is 4.79 Å². The van der Waals surface area contributed by atoms with Crippen LogP contribution in [-0.4, -0.2) is 29.6 Å². The van der Waals surface area contributed by atoms with E-state index in [0.29, 0.717) is 48.6 Å². The van der Waals surface area contributed by atoms with Gasteiger partial charge in [0.25, 0.3) is 0 Å². The lowest BCUT2D eigenvalue weighted by Gasteiger charge is -2.57. The number of fused-ring (bicyclic) bond motifs is 5. The molecule has 0 spiro atoms. The maximum atomic E-state index is 12.2. The zero-order chi connectivity index (χ0) is 25.5. The van der Waals surface area contributed by atoms with E-state index in [0.717, 1.165) is 57.1 Å². The molecule has 0 radical (unpaired) electrons. The molecule has 4 unspecified atom stereocenters. The quantitative estimate of drug-likeness (QED) is 0.392. The molecule has 4 aliphatic carbocycles. The van der Waals surface area contributed by atoms with Crippen LogP contribution in [0.1, 0.15) is 104 Å². The Bertz CT molecular complexity index is 985. The standard InChI is InChI=1S/C32H47NO3/c1-5-29(33-21(2)3)22-7-6-8-25(19-22)36-18-17-32-16-14-27-26(28(32)11-12-30(32)35)10-9-23-20-24(34)13-15-31(23,27)4/h6-9,19,21,26-30,33,35H,5,10-18,20H2,1-4H3/t26?,27?,28?,29?,30-,31-,32+/m0/s1. The normalized spacial score (nSPS) is 36.6. The summed E-state index contributed by atoms with van der Waals surface area (Å²) in [5, 5.41) is 15.0. The van der Waals surface area contributed by atoms with Crippen LogP contribution in [0, 0.1) is 28.6 Å². The number of Topliss-reactive ketones (excluding diaryl/α,β-unsaturated/α-hetero) is 1. The second-order valence-corrected chi connectivity index (χ2v) is 12.8. The van der Waals surface area contributed by atoms with Gasteiger partial charge in [-0.15, -0.1) is 0 Å². The average Bonchev–Trinajstić information content (AvgIpc) is 3.19. The summed E-state index contributed by atoms with van der Waals surface area (Å²) in [5.41, 5.74) is 2.88. The van der Waals surface area contributed by atoms with E-state index in [2.05, 4.69) is 63.4 Å². The first kappa shape index (κ1) is 26.0. The molecule has 0 aliphatic heterocycles. The number of carbonyl (C=O) groups excluding carboxylic acids is 1. The third kappa shape index (κ3) is 4.58. The third-order valence-electron chi connectivity index (χ3n) is 10.6. The van der Waals surface area contributed by atoms with E-state index < -0.39 is 0 Å². The highest BCUT2D eigenvalue weighted by atomic mass is 16.5. The highest BCUT2D eigenvalue weighted by Gasteiger charge is 2.60. The summed E-state index contributed by atoms with van der Waals surface area (Å²) < 4.78 is 6.37. The number of nitrogens with one attached hydrogen (secondary N) is 1. The van der Waals surface area contributed by atoms with Crippen molar-refractivity contribution in [2.75, 3.05) is 6.61 Å². The van der Waals surface area contributed by atoms with Crippen molar-refractivity contribution in [2.24, 2.45) is 28.6 Å². The van der Waals surface area contributed by atoms with E-state index in [4.69, 9.17) is 4.74 Å². The molecule has 1 aromatic carbocycles. The molecule has 7 atom stereocenters. The maximum Gasteiger partial charge on any atom is 0.136 e. The summed E-state index contributed by atoms with van der Waals surface area (Å²) >= 11 is 0. The Morgan fingerprint density at radius 2 is 2.00 bits per heavy atom. The second-order valence-electron chi connectivity index (χ2n) is 12.8. The predicted molar refractivity (Wildman–Crippen MR) is 145 cm³/mol. The first-order chi connectivity index (χ1) is 17.3. The number of aliphatic hydroxyl groups is 1. The van der Waals surface area contributed by atoms with Crippen molar-refractivity contribution in [3.8, 4) is 5.75 Å². The zero-order valence-electron chi connectivity index (χ0n) is 22.9. The zero-order valence-corrected chi connectivity index (χ0v) is 22.9. The molecule has 4 nitrogen and oxygen atoms in total. The van der Waals surface area contributed by atoms with Crippen molar-refractivity contribution in [2.45, 2.75) is 110 Å². The van der Waals surface area contributed by atoms with E-state index in [9.17, 15) is 9.90 Å². The van der Waals surface area contributed by atoms with Crippen LogP contribution in [0.15, 0.2) is 35.9 Å². The van der Waals surface area contributed by atoms with Gasteiger partial charge in [0.1, 0.15) is 11.5 Å². The molecule has 2 N–H and O–H groups in total. The Morgan fingerprint density at radius 1 is 1.17 bits per heavy atom. The third-order valence-corrected chi connectivity index (χ3v) is 10.6. The molecule has 36 heavy (non-hydrogen) atoms. The Balaban J connectivity index is 1.28. The number of hydrogen-bond donors (Lipinski definition) is 2. The summed E-state index contributed by atoms with van der Waals surface area (Å²) in [7, 11) is 0. The Hall–Kier alpha value is -1.65. The molecule has 198 valence electrons. The van der Waals surface area contributed by atoms with Gasteiger partial charge in [-0.2, -0.15) is 0 Å². The first-order valence-electron chi connectivity index (χ1n) is 14.6. The number of ketones is 1. The topological polar surface area (TPSA) is 58.6 Å². The SMILES string of the molecule is CCC(NC(C)C)c1cccc(OCC[C@]23CCC4C(CC=C5CC(=O)CC[C@@]54C)C2CC[C@@H]3O)c1. The molecular formula is C32H47NO3. The van der Waals surface area contributed by atoms with Crippen molar-refractivity contribution in [3.63, 3.8) is 0 Å². The Kier molecular flexibility index (Phi) is 7.40. The monoisotopic (exact) mass is 493 g/mol. The number of hydrogen-bond acceptors (Lipinski definition) is 4. The number of benzene rings is 1. The molecule has 3 fully saturated rings. The number of carbonyl (C=O) groups is 1. The molecular weight excluding hydrogens is 446 g/mol. The number of rotatable bonds is 8. The van der Waals surface area contributed by atoms with Gasteiger partial charge in [-0.3, -0.25) is 4.79 Å². The number of allylic oxidation sites excluding steroid dienone is 2. The molecule has 0 amide bonds. The van der Waals surface area contributed by atoms with Gasteiger partial charge in [-0.25, -0.2) is 0 Å². The lowest BCUT2D eigenvalue weighted by atomic mass is 9.47. The average molecular weight is 494 g/mol. The van der Waals surface area contributed by atoms with Crippen molar-refractivity contribution < 1.29 is 14.6 Å². The van der Waals surface area contributed by atoms with E-state index in [1.165, 1.54) is 17.6 Å². The molecule has 0 saturated heterocycles. The minimum Gasteiger partial charge on any atom is -0.494 e. The molecule has 0 bridgehead atoms. The summed E-state index contributed by atoms with van der Waals surface area (Å²) in [5.74, 6) is 3.22. The van der Waals surface area contributed by atoms with Gasteiger partial charge in [0.05, 0.1) is 12.7 Å². The highest BCUT2D eigenvalue weighted by Crippen LogP contribution is 2.65. The first-order valence-corrected chi connectivity index (χ1v) is 14.6. The summed E-state index contributed by atoms with van der Waals surface area (Å²) in [6, 6.07) is 9.34. The molecule has 4 heteroatoms. The van der Waals surface area contributed by atoms with Crippen molar-refractivity contribution in [3.05, 3.63) is 41.5 Å². The summed E-state index contributed by atoms with van der Waals surface area (Å²) in [6.07, 6.45) is 12.0. The van der Waals surface area contributed by atoms with Gasteiger partial charge in [0, 0.05) is 30.3 Å². The molecule has 0 aromatic heterocycles. The van der Waals surface area contributed by atoms with E-state index >= 15 is 0 Å². The van der Waals surface area contributed by atoms with Gasteiger partial charge in [0.15, 0.2) is 0 Å². The van der Waals surface area contributed by atoms with Crippen LogP contribution in [0.4, 0.5) is 0 Å². The predicted octanol–water partition coefficient (Wildman–Crippen LogP) is 6.78. The van der Waals surface area contributed by atoms with Gasteiger partial charge in [-0.1, -0.05) is 51.5 Å². The number of ether oxygens (including phenoxy) is 1. The molecule has 1 aromatic rings. The molecule has 0 heterocycles. The second kappa shape index (κ2) is 10.3. The molecule has 5 rings (SSSR count). The van der Waals surface area contributed by atoms with Crippen LogP contribution < -0.4 is 10.1 Å². The fourth-order valence-corrected chi connectivity index (χ4v) is 8.77. The van der Waals surface area contributed by atoms with Crippen LogP contribution in [0.25, 0.3) is 0 Å². The van der Waals surface area contributed by atoms with E-state index in [1.54, 1.807) is 0 Å². The van der Waals surface area contributed by atoms with Gasteiger partial charge in [0.2, 0.25) is 0 Å². The van der Waals surface area contributed by atoms with Crippen LogP contribution >= 0.6 is 0 Å². The van der Waals surface area contributed by atoms with Crippen molar-refractivity contribution >= 4 is 5.78 Å². The summed E-state index contributed by atoms with van der Waals surface area (Å²) in [4.78, 5) is 12.2. The fraction of sp³-hybridized carbons (Fsp3) is 0.719. The Labute approximate surface area is 218 Å². The molecule has 4 aliphatic rings. The van der Waals surface area contributed by atoms with Crippen molar-refractivity contribution in [1.29, 1.82) is 0 Å². The van der Waals surface area contributed by atoms with Crippen LogP contribution in [0.3, 0.4) is 0 Å². The lowest BCUT2D eigenvalue weighted by Crippen LogP contribution is -2.52. The van der Waals surface area contributed by atoms with Crippen LogP contribution in [0.5, 0.6) is 5.75 Å². The maximum absolute atomic E-state index is 12.2. The summed E-state index contributed by atoms with van der Waals surface area (Å²) in [6.45, 7) is 9.71. The van der Waals surface area contributed by atoms with E-state index in [1.807, 2.05) is 0 Å². The van der Waals surface area contributed by atoms with Gasteiger partial charge >= 0.3 is 0 Å². The Morgan fingerprint density at radius 3 is 2.78 bits per heavy atom. The smallest absolute Gasteiger partial charge is 0.136 e. The van der Waals surface area contributed by atoms with E-state index in [-0.39, 0.29) is 16.9 Å². The van der Waals surface area contributed by atoms with Crippen LogP contribution in [0.2, 0.25) is 0 Å². The minimum atomic E-state index is -0.218. The van der Waals surface area contributed by atoms with Crippen molar-refractivity contribution in [1.82, 2.24) is 5.32 Å². The largest absolute Gasteiger partial charge is 0.494 e. The van der Waals surface area contributed by atoms with Gasteiger partial charge in [-0.05, 0) is 92.2 Å². The number of aliphatic hydroxyl groups excluding tert-OH is 1. The van der Waals surface area contributed by atoms with Gasteiger partial charge < -0.3 is 15.2 Å². The molecule has 3 saturated carbocycles.